The summed E-state index contributed by atoms with van der Waals surface area (Å²) >= 11 is 0. The van der Waals surface area contributed by atoms with Gasteiger partial charge in [-0.1, -0.05) is 25.5 Å². The van der Waals surface area contributed by atoms with Crippen molar-refractivity contribution in [3.8, 4) is 5.75 Å². The Morgan fingerprint density at radius 3 is 2.78 bits per heavy atom. The van der Waals surface area contributed by atoms with Crippen LogP contribution in [0, 0.1) is 6.92 Å². The van der Waals surface area contributed by atoms with Crippen LogP contribution in [0.4, 0.5) is 0 Å². The third kappa shape index (κ3) is 6.22. The Morgan fingerprint density at radius 1 is 1.30 bits per heavy atom. The van der Waals surface area contributed by atoms with Gasteiger partial charge in [0.15, 0.2) is 6.10 Å². The zero-order chi connectivity index (χ0) is 16.5. The van der Waals surface area contributed by atoms with E-state index in [9.17, 15) is 4.79 Å². The highest BCUT2D eigenvalue weighted by Crippen LogP contribution is 2.15. The van der Waals surface area contributed by atoms with Gasteiger partial charge < -0.3 is 15.0 Å². The summed E-state index contributed by atoms with van der Waals surface area (Å²) in [6.07, 6.45) is 5.26. The molecule has 1 aliphatic heterocycles. The predicted molar refractivity (Wildman–Crippen MR) is 93.8 cm³/mol. The first-order valence-electron chi connectivity index (χ1n) is 8.92. The summed E-state index contributed by atoms with van der Waals surface area (Å²) in [7, 11) is 0. The molecule has 1 aliphatic rings. The van der Waals surface area contributed by atoms with E-state index in [1.807, 2.05) is 38.1 Å². The van der Waals surface area contributed by atoms with Gasteiger partial charge in [-0.15, -0.1) is 0 Å². The molecule has 1 atom stereocenters. The molecule has 1 aromatic rings. The van der Waals surface area contributed by atoms with Crippen molar-refractivity contribution in [3.05, 3.63) is 29.8 Å². The quantitative estimate of drug-likeness (QED) is 0.749. The number of carbonyl (C=O) groups is 1. The van der Waals surface area contributed by atoms with E-state index in [2.05, 4.69) is 10.2 Å². The lowest BCUT2D eigenvalue weighted by atomic mass is 10.1. The summed E-state index contributed by atoms with van der Waals surface area (Å²) in [5.41, 5.74) is 1.14. The standard InChI is InChI=1S/C19H30N2O2/c1-3-18(23-17-10-7-9-16(2)15-17)19(22)20-11-8-14-21-12-5-4-6-13-21/h7,9-10,15,18H,3-6,8,11-14H2,1-2H3,(H,20,22)/t18-/m0/s1. The Kier molecular flexibility index (Phi) is 7.40. The second-order valence-electron chi connectivity index (χ2n) is 6.38. The van der Waals surface area contributed by atoms with Crippen molar-refractivity contribution < 1.29 is 9.53 Å². The van der Waals surface area contributed by atoms with Crippen molar-refractivity contribution in [3.63, 3.8) is 0 Å². The number of amides is 1. The molecule has 4 nitrogen and oxygen atoms in total. The van der Waals surface area contributed by atoms with Crippen LogP contribution >= 0.6 is 0 Å². The Hall–Kier alpha value is -1.55. The number of hydrogen-bond acceptors (Lipinski definition) is 3. The highest BCUT2D eigenvalue weighted by Gasteiger charge is 2.18. The molecule has 128 valence electrons. The molecular formula is C19H30N2O2. The Balaban J connectivity index is 1.69. The van der Waals surface area contributed by atoms with Crippen LogP contribution in [0.1, 0.15) is 44.6 Å². The molecule has 0 unspecified atom stereocenters. The van der Waals surface area contributed by atoms with Gasteiger partial charge in [0.05, 0.1) is 0 Å². The molecule has 1 heterocycles. The first-order chi connectivity index (χ1) is 11.2. The van der Waals surface area contributed by atoms with Crippen LogP contribution in [-0.2, 0) is 4.79 Å². The number of hydrogen-bond donors (Lipinski definition) is 1. The van der Waals surface area contributed by atoms with Crippen LogP contribution in [0.15, 0.2) is 24.3 Å². The van der Waals surface area contributed by atoms with E-state index in [0.29, 0.717) is 6.42 Å². The zero-order valence-corrected chi connectivity index (χ0v) is 14.5. The molecule has 23 heavy (non-hydrogen) atoms. The van der Waals surface area contributed by atoms with E-state index in [-0.39, 0.29) is 5.91 Å². The molecule has 0 aliphatic carbocycles. The lowest BCUT2D eigenvalue weighted by Crippen LogP contribution is -2.39. The van der Waals surface area contributed by atoms with Crippen LogP contribution < -0.4 is 10.1 Å². The summed E-state index contributed by atoms with van der Waals surface area (Å²) in [5, 5.41) is 3.02. The smallest absolute Gasteiger partial charge is 0.261 e. The second-order valence-corrected chi connectivity index (χ2v) is 6.38. The summed E-state index contributed by atoms with van der Waals surface area (Å²) in [5.74, 6) is 0.757. The number of benzene rings is 1. The molecule has 1 fully saturated rings. The minimum absolute atomic E-state index is 0.00681. The molecule has 1 amide bonds. The van der Waals surface area contributed by atoms with Crippen LogP contribution in [0.2, 0.25) is 0 Å². The Morgan fingerprint density at radius 2 is 2.09 bits per heavy atom. The predicted octanol–water partition coefficient (Wildman–Crippen LogP) is 3.14. The molecule has 1 saturated heterocycles. The lowest BCUT2D eigenvalue weighted by Gasteiger charge is -2.26. The van der Waals surface area contributed by atoms with E-state index < -0.39 is 6.10 Å². The largest absolute Gasteiger partial charge is 0.481 e. The molecule has 0 spiro atoms. The van der Waals surface area contributed by atoms with E-state index in [0.717, 1.165) is 30.8 Å². The zero-order valence-electron chi connectivity index (χ0n) is 14.5. The summed E-state index contributed by atoms with van der Waals surface area (Å²) in [6, 6.07) is 7.84. The maximum Gasteiger partial charge on any atom is 0.261 e. The number of nitrogens with one attached hydrogen (secondary N) is 1. The number of aryl methyl sites for hydroxylation is 1. The summed E-state index contributed by atoms with van der Waals surface area (Å²) < 4.78 is 5.83. The average Bonchev–Trinajstić information content (AvgIpc) is 2.57. The van der Waals surface area contributed by atoms with Gasteiger partial charge in [0.2, 0.25) is 0 Å². The van der Waals surface area contributed by atoms with Crippen molar-refractivity contribution in [2.75, 3.05) is 26.2 Å². The van der Waals surface area contributed by atoms with Gasteiger partial charge in [-0.05, 0) is 69.9 Å². The summed E-state index contributed by atoms with van der Waals surface area (Å²) in [6.45, 7) is 8.23. The van der Waals surface area contributed by atoms with Gasteiger partial charge >= 0.3 is 0 Å². The maximum absolute atomic E-state index is 12.3. The van der Waals surface area contributed by atoms with Gasteiger partial charge in [-0.3, -0.25) is 4.79 Å². The molecule has 0 bridgehead atoms. The van der Waals surface area contributed by atoms with Gasteiger partial charge in [0.1, 0.15) is 5.75 Å². The molecule has 1 N–H and O–H groups in total. The van der Waals surface area contributed by atoms with E-state index in [1.165, 1.54) is 32.4 Å². The van der Waals surface area contributed by atoms with Gasteiger partial charge in [-0.2, -0.15) is 0 Å². The molecule has 0 radical (unpaired) electrons. The highest BCUT2D eigenvalue weighted by molar-refractivity contribution is 5.81. The van der Waals surface area contributed by atoms with Gasteiger partial charge in [0, 0.05) is 6.54 Å². The third-order valence-electron chi connectivity index (χ3n) is 4.33. The van der Waals surface area contributed by atoms with Crippen molar-refractivity contribution >= 4 is 5.91 Å². The van der Waals surface area contributed by atoms with E-state index >= 15 is 0 Å². The van der Waals surface area contributed by atoms with Crippen LogP contribution in [0.3, 0.4) is 0 Å². The Labute approximate surface area is 140 Å². The molecule has 0 saturated carbocycles. The minimum atomic E-state index is -0.410. The van der Waals surface area contributed by atoms with Crippen molar-refractivity contribution in [1.82, 2.24) is 10.2 Å². The molecule has 2 rings (SSSR count). The topological polar surface area (TPSA) is 41.6 Å². The molecule has 0 aromatic heterocycles. The fraction of sp³-hybridized carbons (Fsp3) is 0.632. The normalized spacial score (nSPS) is 16.8. The number of nitrogens with zero attached hydrogens (tertiary/aromatic N) is 1. The van der Waals surface area contributed by atoms with Crippen LogP contribution in [0.25, 0.3) is 0 Å². The molecule has 4 heteroatoms. The SMILES string of the molecule is CC[C@H](Oc1cccc(C)c1)C(=O)NCCCN1CCCCC1. The molecule has 1 aromatic carbocycles. The first-order valence-corrected chi connectivity index (χ1v) is 8.92. The fourth-order valence-electron chi connectivity index (χ4n) is 2.99. The van der Waals surface area contributed by atoms with Crippen molar-refractivity contribution in [2.45, 2.75) is 52.1 Å². The number of ether oxygens (including phenoxy) is 1. The van der Waals surface area contributed by atoms with Gasteiger partial charge in [0.25, 0.3) is 5.91 Å². The second kappa shape index (κ2) is 9.56. The average molecular weight is 318 g/mol. The van der Waals surface area contributed by atoms with E-state index in [1.54, 1.807) is 0 Å². The van der Waals surface area contributed by atoms with Gasteiger partial charge in [-0.25, -0.2) is 0 Å². The fourth-order valence-corrected chi connectivity index (χ4v) is 2.99. The van der Waals surface area contributed by atoms with Crippen molar-refractivity contribution in [2.24, 2.45) is 0 Å². The number of carbonyl (C=O) groups excluding carboxylic acids is 1. The number of rotatable bonds is 8. The number of piperidine rings is 1. The Bertz CT molecular complexity index is 484. The number of likely N-dealkylation sites (tertiary alicyclic amines) is 1. The van der Waals surface area contributed by atoms with Crippen LogP contribution in [-0.4, -0.2) is 43.1 Å². The minimum Gasteiger partial charge on any atom is -0.481 e. The monoisotopic (exact) mass is 318 g/mol. The highest BCUT2D eigenvalue weighted by atomic mass is 16.5. The molecular weight excluding hydrogens is 288 g/mol. The maximum atomic E-state index is 12.3. The lowest BCUT2D eigenvalue weighted by molar-refractivity contribution is -0.128. The summed E-state index contributed by atoms with van der Waals surface area (Å²) in [4.78, 5) is 14.8. The van der Waals surface area contributed by atoms with Crippen LogP contribution in [0.5, 0.6) is 5.75 Å². The third-order valence-corrected chi connectivity index (χ3v) is 4.33. The first kappa shape index (κ1) is 17.8. The van der Waals surface area contributed by atoms with E-state index in [4.69, 9.17) is 4.74 Å². The van der Waals surface area contributed by atoms with Crippen molar-refractivity contribution in [1.29, 1.82) is 0 Å².